The van der Waals surface area contributed by atoms with Gasteiger partial charge in [0.15, 0.2) is 0 Å². The highest BCUT2D eigenvalue weighted by Gasteiger charge is 2.42. The molecular weight excluding hydrogens is 348 g/mol. The number of halogens is 6. The summed E-state index contributed by atoms with van der Waals surface area (Å²) in [5.41, 5.74) is -1.27. The van der Waals surface area contributed by atoms with Crippen LogP contribution in [0.2, 0.25) is 0 Å². The van der Waals surface area contributed by atoms with E-state index in [0.29, 0.717) is 19.1 Å². The molecule has 0 saturated carbocycles. The van der Waals surface area contributed by atoms with Crippen LogP contribution in [0, 0.1) is 0 Å². The number of sulfonamides is 1. The number of hydrogen-bond acceptors (Lipinski definition) is 2. The van der Waals surface area contributed by atoms with E-state index in [2.05, 4.69) is 0 Å². The van der Waals surface area contributed by atoms with E-state index in [4.69, 9.17) is 0 Å². The highest BCUT2D eigenvalue weighted by Crippen LogP contribution is 2.36. The van der Waals surface area contributed by atoms with Gasteiger partial charge in [-0.25, -0.2) is 8.42 Å². The summed E-state index contributed by atoms with van der Waals surface area (Å²) in [6, 6.07) is -0.0632. The number of benzene rings is 1. The van der Waals surface area contributed by atoms with Crippen molar-refractivity contribution in [2.75, 3.05) is 0 Å². The highest BCUT2D eigenvalue weighted by atomic mass is 32.2. The Morgan fingerprint density at radius 2 is 1.52 bits per heavy atom. The molecule has 0 amide bonds. The zero-order valence-corrected chi connectivity index (χ0v) is 13.2. The van der Waals surface area contributed by atoms with Crippen LogP contribution in [0.4, 0.5) is 26.3 Å². The first-order valence-corrected chi connectivity index (χ1v) is 7.94. The predicted molar refractivity (Wildman–Crippen MR) is 71.4 cm³/mol. The molecule has 0 saturated heterocycles. The lowest BCUT2D eigenvalue weighted by atomic mass is 10.0. The second-order valence-electron chi connectivity index (χ2n) is 5.29. The van der Waals surface area contributed by atoms with E-state index < -0.39 is 38.9 Å². The van der Waals surface area contributed by atoms with Gasteiger partial charge < -0.3 is 0 Å². The minimum absolute atomic E-state index is 0.222. The quantitative estimate of drug-likeness (QED) is 0.820. The topological polar surface area (TPSA) is 46.2 Å². The molecule has 23 heavy (non-hydrogen) atoms. The fourth-order valence-electron chi connectivity index (χ4n) is 1.73. The van der Waals surface area contributed by atoms with Gasteiger partial charge in [0, 0.05) is 0 Å². The highest BCUT2D eigenvalue weighted by molar-refractivity contribution is 7.89. The van der Waals surface area contributed by atoms with Gasteiger partial charge in [0.2, 0.25) is 10.0 Å². The van der Waals surface area contributed by atoms with E-state index in [1.165, 1.54) is 4.72 Å². The maximum absolute atomic E-state index is 13.1. The summed E-state index contributed by atoms with van der Waals surface area (Å²) < 4.78 is 102. The summed E-state index contributed by atoms with van der Waals surface area (Å²) in [6.45, 7) is 3.72. The molecule has 0 fully saturated rings. The Morgan fingerprint density at radius 3 is 1.91 bits per heavy atom. The molecule has 0 spiro atoms. The molecule has 0 unspecified atom stereocenters. The molecule has 1 atom stereocenters. The van der Waals surface area contributed by atoms with E-state index in [-0.39, 0.29) is 11.5 Å². The van der Waals surface area contributed by atoms with Crippen molar-refractivity contribution >= 4 is 10.0 Å². The van der Waals surface area contributed by atoms with Gasteiger partial charge in [-0.2, -0.15) is 31.1 Å². The Balaban J connectivity index is 3.41. The lowest BCUT2D eigenvalue weighted by Crippen LogP contribution is -2.43. The van der Waals surface area contributed by atoms with Crippen molar-refractivity contribution in [1.82, 2.24) is 4.72 Å². The van der Waals surface area contributed by atoms with Crippen molar-refractivity contribution in [2.24, 2.45) is 0 Å². The van der Waals surface area contributed by atoms with E-state index in [1.807, 2.05) is 0 Å². The van der Waals surface area contributed by atoms with Gasteiger partial charge in [-0.1, -0.05) is 19.9 Å². The predicted octanol–water partition coefficient (Wildman–Crippen LogP) is 4.06. The van der Waals surface area contributed by atoms with Crippen molar-refractivity contribution in [2.45, 2.75) is 50.0 Å². The summed E-state index contributed by atoms with van der Waals surface area (Å²) in [5.74, 6) is -0.310. The average molecular weight is 363 g/mol. The fourth-order valence-corrected chi connectivity index (χ4v) is 3.16. The maximum Gasteiger partial charge on any atom is 0.417 e. The Bertz CT molecular complexity index is 664. The monoisotopic (exact) mass is 363 g/mol. The molecule has 1 aromatic carbocycles. The van der Waals surface area contributed by atoms with Crippen molar-refractivity contribution in [3.63, 3.8) is 0 Å². The van der Waals surface area contributed by atoms with Crippen LogP contribution < -0.4 is 4.72 Å². The van der Waals surface area contributed by atoms with Crippen LogP contribution in [0.1, 0.15) is 37.8 Å². The van der Waals surface area contributed by atoms with Crippen LogP contribution >= 0.6 is 0 Å². The third-order valence-electron chi connectivity index (χ3n) is 3.09. The molecule has 0 heterocycles. The maximum atomic E-state index is 13.1. The first-order valence-electron chi connectivity index (χ1n) is 6.46. The van der Waals surface area contributed by atoms with Crippen molar-refractivity contribution in [1.29, 1.82) is 0 Å². The van der Waals surface area contributed by atoms with Gasteiger partial charge in [-0.05, 0) is 30.5 Å². The normalized spacial score (nSPS) is 15.0. The van der Waals surface area contributed by atoms with Crippen LogP contribution in [-0.2, 0) is 16.2 Å². The lowest BCUT2D eigenvalue weighted by Gasteiger charge is -2.20. The van der Waals surface area contributed by atoms with E-state index in [1.54, 1.807) is 13.8 Å². The molecule has 0 aliphatic carbocycles. The molecule has 0 aliphatic rings. The molecule has 1 aromatic rings. The van der Waals surface area contributed by atoms with Crippen molar-refractivity contribution in [3.8, 4) is 0 Å². The Labute approximate surface area is 129 Å². The summed E-state index contributed by atoms with van der Waals surface area (Å²) in [4.78, 5) is -1.23. The third-order valence-corrected chi connectivity index (χ3v) is 4.69. The molecule has 132 valence electrons. The molecule has 0 aliphatic heterocycles. The Kier molecular flexibility index (Phi) is 5.42. The molecule has 1 rings (SSSR count). The van der Waals surface area contributed by atoms with Gasteiger partial charge >= 0.3 is 12.4 Å². The van der Waals surface area contributed by atoms with Gasteiger partial charge in [0.05, 0.1) is 10.5 Å². The van der Waals surface area contributed by atoms with Crippen LogP contribution in [0.3, 0.4) is 0 Å². The summed E-state index contributed by atoms with van der Waals surface area (Å²) in [6.07, 6.45) is -9.93. The number of nitrogens with one attached hydrogen (secondary N) is 1. The molecule has 1 N–H and O–H groups in total. The smallest absolute Gasteiger partial charge is 0.207 e. The summed E-state index contributed by atoms with van der Waals surface area (Å²) in [5, 5.41) is 0. The fraction of sp³-hybridized carbons (Fsp3) is 0.538. The van der Waals surface area contributed by atoms with Crippen molar-refractivity contribution in [3.05, 3.63) is 29.3 Å². The summed E-state index contributed by atoms with van der Waals surface area (Å²) in [7, 11) is -4.99. The van der Waals surface area contributed by atoms with Crippen molar-refractivity contribution < 1.29 is 34.8 Å². The molecule has 0 bridgehead atoms. The summed E-state index contributed by atoms with van der Waals surface area (Å²) >= 11 is 0. The standard InChI is InChI=1S/C13H15F6NO2S/c1-7(2)9-4-5-11(10(6-9)13(17,18)19)23(21,22)20-8(3)12(14,15)16/h4-8,20H,1-3H3/t8-/m0/s1. The Morgan fingerprint density at radius 1 is 1.00 bits per heavy atom. The Hall–Kier alpha value is -1.29. The molecule has 0 radical (unpaired) electrons. The lowest BCUT2D eigenvalue weighted by molar-refractivity contribution is -0.147. The molecular formula is C13H15F6NO2S. The van der Waals surface area contributed by atoms with Gasteiger partial charge in [-0.3, -0.25) is 0 Å². The minimum Gasteiger partial charge on any atom is -0.207 e. The van der Waals surface area contributed by atoms with Crippen LogP contribution in [0.5, 0.6) is 0 Å². The third kappa shape index (κ3) is 4.84. The minimum atomic E-state index is -5.02. The molecule has 10 heteroatoms. The van der Waals surface area contributed by atoms with Gasteiger partial charge in [0.25, 0.3) is 0 Å². The first kappa shape index (κ1) is 19.8. The number of hydrogen-bond donors (Lipinski definition) is 1. The van der Waals surface area contributed by atoms with Gasteiger partial charge in [0.1, 0.15) is 6.04 Å². The number of rotatable bonds is 4. The van der Waals surface area contributed by atoms with Gasteiger partial charge in [-0.15, -0.1) is 0 Å². The second kappa shape index (κ2) is 6.31. The van der Waals surface area contributed by atoms with Crippen LogP contribution in [0.15, 0.2) is 23.1 Å². The largest absolute Gasteiger partial charge is 0.417 e. The van der Waals surface area contributed by atoms with E-state index in [9.17, 15) is 34.8 Å². The van der Waals surface area contributed by atoms with Crippen LogP contribution in [-0.4, -0.2) is 20.6 Å². The zero-order valence-electron chi connectivity index (χ0n) is 12.4. The average Bonchev–Trinajstić information content (AvgIpc) is 2.35. The molecule has 0 aromatic heterocycles. The SMILES string of the molecule is CC(C)c1ccc(S(=O)(=O)N[C@@H](C)C(F)(F)F)c(C(F)(F)F)c1. The van der Waals surface area contributed by atoms with Crippen LogP contribution in [0.25, 0.3) is 0 Å². The first-order chi connectivity index (χ1) is 10.2. The zero-order chi connectivity index (χ0) is 18.2. The molecule has 3 nitrogen and oxygen atoms in total. The van der Waals surface area contributed by atoms with E-state index in [0.717, 1.165) is 6.07 Å². The van der Waals surface area contributed by atoms with E-state index >= 15 is 0 Å². The second-order valence-corrected chi connectivity index (χ2v) is 6.98. The number of alkyl halides is 6.